The third-order valence-electron chi connectivity index (χ3n) is 1.82. The Morgan fingerprint density at radius 3 is 2.71 bits per heavy atom. The molecular formula is C10H12N2O5. The lowest BCUT2D eigenvalue weighted by molar-refractivity contribution is -0.385. The average Bonchev–Trinajstić information content (AvgIpc) is 2.30. The van der Waals surface area contributed by atoms with Gasteiger partial charge in [0.15, 0.2) is 0 Å². The van der Waals surface area contributed by atoms with Gasteiger partial charge in [0.25, 0.3) is 5.69 Å². The third kappa shape index (κ3) is 3.13. The molecule has 0 radical (unpaired) electrons. The molecule has 0 N–H and O–H groups in total. The minimum absolute atomic E-state index is 0.0385. The minimum Gasteiger partial charge on any atom is -0.477 e. The van der Waals surface area contributed by atoms with Gasteiger partial charge in [0.2, 0.25) is 5.88 Å². The van der Waals surface area contributed by atoms with Crippen molar-refractivity contribution >= 4 is 11.7 Å². The monoisotopic (exact) mass is 240 g/mol. The number of ether oxygens (including phenoxy) is 2. The van der Waals surface area contributed by atoms with Crippen molar-refractivity contribution in [3.63, 3.8) is 0 Å². The molecule has 1 heterocycles. The highest BCUT2D eigenvalue weighted by Crippen LogP contribution is 2.21. The van der Waals surface area contributed by atoms with Gasteiger partial charge < -0.3 is 9.47 Å². The first-order valence-electron chi connectivity index (χ1n) is 5.04. The Kier molecular flexibility index (Phi) is 4.38. The largest absolute Gasteiger partial charge is 0.477 e. The first kappa shape index (κ1) is 12.9. The molecule has 0 aliphatic heterocycles. The van der Waals surface area contributed by atoms with E-state index in [0.717, 1.165) is 12.3 Å². The van der Waals surface area contributed by atoms with Crippen molar-refractivity contribution in [3.8, 4) is 5.88 Å². The zero-order valence-electron chi connectivity index (χ0n) is 9.50. The average molecular weight is 240 g/mol. The lowest BCUT2D eigenvalue weighted by atomic mass is 10.2. The summed E-state index contributed by atoms with van der Waals surface area (Å²) in [6.07, 6.45) is 1.04. The second-order valence-corrected chi connectivity index (χ2v) is 2.96. The van der Waals surface area contributed by atoms with E-state index in [-0.39, 0.29) is 23.7 Å². The maximum absolute atomic E-state index is 11.6. The fraction of sp³-hybridized carbons (Fsp3) is 0.400. The Morgan fingerprint density at radius 1 is 1.47 bits per heavy atom. The molecule has 7 heteroatoms. The van der Waals surface area contributed by atoms with Crippen LogP contribution < -0.4 is 4.74 Å². The predicted octanol–water partition coefficient (Wildman–Crippen LogP) is 1.57. The van der Waals surface area contributed by atoms with Crippen molar-refractivity contribution in [3.05, 3.63) is 27.9 Å². The summed E-state index contributed by atoms with van der Waals surface area (Å²) in [6, 6.07) is 1.09. The van der Waals surface area contributed by atoms with Crippen molar-refractivity contribution in [2.75, 3.05) is 13.2 Å². The van der Waals surface area contributed by atoms with Crippen LogP contribution in [0.25, 0.3) is 0 Å². The summed E-state index contributed by atoms with van der Waals surface area (Å²) in [4.78, 5) is 25.2. The van der Waals surface area contributed by atoms with E-state index in [1.54, 1.807) is 13.8 Å². The first-order valence-corrected chi connectivity index (χ1v) is 5.04. The summed E-state index contributed by atoms with van der Waals surface area (Å²) in [6.45, 7) is 3.84. The molecule has 0 saturated heterocycles. The van der Waals surface area contributed by atoms with E-state index in [0.29, 0.717) is 6.61 Å². The first-order chi connectivity index (χ1) is 8.10. The number of hydrogen-bond donors (Lipinski definition) is 0. The van der Waals surface area contributed by atoms with E-state index in [9.17, 15) is 14.9 Å². The number of aromatic nitrogens is 1. The molecule has 0 aromatic carbocycles. The van der Waals surface area contributed by atoms with Gasteiger partial charge in [-0.25, -0.2) is 9.78 Å². The van der Waals surface area contributed by atoms with E-state index in [4.69, 9.17) is 9.47 Å². The van der Waals surface area contributed by atoms with Crippen LogP contribution in [-0.4, -0.2) is 29.1 Å². The molecule has 1 aromatic heterocycles. The number of hydrogen-bond acceptors (Lipinski definition) is 6. The quantitative estimate of drug-likeness (QED) is 0.440. The molecule has 0 unspecified atom stereocenters. The van der Waals surface area contributed by atoms with Gasteiger partial charge in [-0.1, -0.05) is 0 Å². The molecule has 0 aliphatic rings. The lowest BCUT2D eigenvalue weighted by Crippen LogP contribution is -2.09. The fourth-order valence-corrected chi connectivity index (χ4v) is 1.15. The van der Waals surface area contributed by atoms with Gasteiger partial charge in [0.1, 0.15) is 11.8 Å². The summed E-state index contributed by atoms with van der Waals surface area (Å²) in [7, 11) is 0. The molecule has 0 bridgehead atoms. The molecule has 1 aromatic rings. The van der Waals surface area contributed by atoms with Crippen LogP contribution in [0.4, 0.5) is 5.69 Å². The predicted molar refractivity (Wildman–Crippen MR) is 58.0 cm³/mol. The summed E-state index contributed by atoms with van der Waals surface area (Å²) in [5.74, 6) is -0.649. The number of carbonyl (C=O) groups is 1. The second-order valence-electron chi connectivity index (χ2n) is 2.96. The van der Waals surface area contributed by atoms with Gasteiger partial charge in [-0.3, -0.25) is 10.1 Å². The third-order valence-corrected chi connectivity index (χ3v) is 1.82. The normalized spacial score (nSPS) is 9.76. The molecule has 0 saturated carbocycles. The minimum atomic E-state index is -0.688. The van der Waals surface area contributed by atoms with Crippen LogP contribution >= 0.6 is 0 Å². The zero-order valence-corrected chi connectivity index (χ0v) is 9.50. The highest BCUT2D eigenvalue weighted by atomic mass is 16.6. The van der Waals surface area contributed by atoms with Gasteiger partial charge in [-0.2, -0.15) is 0 Å². The number of nitro groups is 1. The number of nitrogens with zero attached hydrogens (tertiary/aromatic N) is 2. The van der Waals surface area contributed by atoms with Crippen LogP contribution in [0.1, 0.15) is 24.2 Å². The van der Waals surface area contributed by atoms with Gasteiger partial charge >= 0.3 is 5.97 Å². The molecular weight excluding hydrogens is 228 g/mol. The smallest absolute Gasteiger partial charge is 0.343 e. The lowest BCUT2D eigenvalue weighted by Gasteiger charge is -2.07. The maximum Gasteiger partial charge on any atom is 0.343 e. The Morgan fingerprint density at radius 2 is 2.18 bits per heavy atom. The van der Waals surface area contributed by atoms with Gasteiger partial charge in [0.05, 0.1) is 18.1 Å². The highest BCUT2D eigenvalue weighted by molar-refractivity contribution is 5.92. The van der Waals surface area contributed by atoms with Crippen molar-refractivity contribution in [1.29, 1.82) is 0 Å². The summed E-state index contributed by atoms with van der Waals surface area (Å²) < 4.78 is 9.87. The Balaban J connectivity index is 3.15. The van der Waals surface area contributed by atoms with Crippen molar-refractivity contribution < 1.29 is 19.2 Å². The van der Waals surface area contributed by atoms with Crippen LogP contribution in [-0.2, 0) is 4.74 Å². The SMILES string of the molecule is CCOC(=O)c1cc([N+](=O)[O-])cnc1OCC. The number of carbonyl (C=O) groups excluding carboxylic acids is 1. The van der Waals surface area contributed by atoms with E-state index in [1.807, 2.05) is 0 Å². The molecule has 1 rings (SSSR count). The van der Waals surface area contributed by atoms with Crippen molar-refractivity contribution in [2.45, 2.75) is 13.8 Å². The molecule has 17 heavy (non-hydrogen) atoms. The van der Waals surface area contributed by atoms with Crippen LogP contribution in [0, 0.1) is 10.1 Å². The topological polar surface area (TPSA) is 91.6 Å². The van der Waals surface area contributed by atoms with Gasteiger partial charge in [0, 0.05) is 6.07 Å². The van der Waals surface area contributed by atoms with Crippen molar-refractivity contribution in [2.24, 2.45) is 0 Å². The Hall–Kier alpha value is -2.18. The summed E-state index contributed by atoms with van der Waals surface area (Å²) >= 11 is 0. The van der Waals surface area contributed by atoms with Crippen LogP contribution in [0.2, 0.25) is 0 Å². The molecule has 0 fully saturated rings. The number of esters is 1. The highest BCUT2D eigenvalue weighted by Gasteiger charge is 2.20. The number of pyridine rings is 1. The van der Waals surface area contributed by atoms with Crippen LogP contribution in [0.15, 0.2) is 12.3 Å². The van der Waals surface area contributed by atoms with E-state index in [2.05, 4.69) is 4.98 Å². The van der Waals surface area contributed by atoms with Crippen LogP contribution in [0.3, 0.4) is 0 Å². The molecule has 0 aliphatic carbocycles. The molecule has 92 valence electrons. The van der Waals surface area contributed by atoms with E-state index < -0.39 is 10.9 Å². The van der Waals surface area contributed by atoms with Crippen LogP contribution in [0.5, 0.6) is 5.88 Å². The molecule has 0 amide bonds. The van der Waals surface area contributed by atoms with Gasteiger partial charge in [-0.05, 0) is 13.8 Å². The second kappa shape index (κ2) is 5.78. The standard InChI is InChI=1S/C10H12N2O5/c1-3-16-9-8(10(13)17-4-2)5-7(6-11-9)12(14)15/h5-6H,3-4H2,1-2H3. The van der Waals surface area contributed by atoms with Crippen molar-refractivity contribution in [1.82, 2.24) is 4.98 Å². The summed E-state index contributed by atoms with van der Waals surface area (Å²) in [5, 5.41) is 10.6. The Bertz CT molecular complexity index is 433. The maximum atomic E-state index is 11.6. The van der Waals surface area contributed by atoms with E-state index in [1.165, 1.54) is 0 Å². The van der Waals surface area contributed by atoms with Gasteiger partial charge in [-0.15, -0.1) is 0 Å². The molecule has 0 spiro atoms. The molecule has 0 atom stereocenters. The zero-order chi connectivity index (χ0) is 12.8. The number of rotatable bonds is 5. The van der Waals surface area contributed by atoms with E-state index >= 15 is 0 Å². The Labute approximate surface area is 97.5 Å². The summed E-state index contributed by atoms with van der Waals surface area (Å²) in [5.41, 5.74) is -0.320. The molecule has 7 nitrogen and oxygen atoms in total. The fourth-order valence-electron chi connectivity index (χ4n) is 1.15.